The quantitative estimate of drug-likeness (QED) is 0.729. The van der Waals surface area contributed by atoms with Gasteiger partial charge in [0.1, 0.15) is 0 Å². The Morgan fingerprint density at radius 1 is 1.48 bits per heavy atom. The predicted molar refractivity (Wildman–Crippen MR) is 77.9 cm³/mol. The second-order valence-corrected chi connectivity index (χ2v) is 6.72. The molecule has 2 saturated heterocycles. The summed E-state index contributed by atoms with van der Waals surface area (Å²) in [6.45, 7) is 4.71. The van der Waals surface area contributed by atoms with E-state index in [1.54, 1.807) is 0 Å². The Hall–Kier alpha value is -0.650. The van der Waals surface area contributed by atoms with E-state index >= 15 is 0 Å². The summed E-state index contributed by atoms with van der Waals surface area (Å²) >= 11 is 0. The van der Waals surface area contributed by atoms with Crippen LogP contribution >= 0.6 is 0 Å². The van der Waals surface area contributed by atoms with E-state index in [1.165, 1.54) is 7.11 Å². The topological polar surface area (TPSA) is 65.0 Å². The van der Waals surface area contributed by atoms with Crippen molar-refractivity contribution in [1.29, 1.82) is 0 Å². The smallest absolute Gasteiger partial charge is 0.308 e. The monoisotopic (exact) mass is 300 g/mol. The summed E-state index contributed by atoms with van der Waals surface area (Å²) in [7, 11) is 1.43. The molecule has 5 heteroatoms. The van der Waals surface area contributed by atoms with Crippen LogP contribution in [0.25, 0.3) is 0 Å². The molecule has 5 nitrogen and oxygen atoms in total. The zero-order chi connectivity index (χ0) is 15.5. The number of carbonyl (C=O) groups is 1. The van der Waals surface area contributed by atoms with Gasteiger partial charge in [-0.2, -0.15) is 0 Å². The third-order valence-electron chi connectivity index (χ3n) is 5.08. The molecule has 0 aromatic rings. The van der Waals surface area contributed by atoms with E-state index in [0.29, 0.717) is 13.0 Å². The maximum atomic E-state index is 11.4. The van der Waals surface area contributed by atoms with E-state index in [4.69, 9.17) is 19.3 Å². The number of aliphatic hydroxyl groups excluding tert-OH is 1. The van der Waals surface area contributed by atoms with E-state index in [0.717, 1.165) is 32.1 Å². The second kappa shape index (κ2) is 6.63. The van der Waals surface area contributed by atoms with Crippen LogP contribution in [0.2, 0.25) is 0 Å². The molecule has 2 fully saturated rings. The summed E-state index contributed by atoms with van der Waals surface area (Å²) in [5.41, 5.74) is -0.538. The van der Waals surface area contributed by atoms with Crippen LogP contribution in [0.3, 0.4) is 0 Å². The zero-order valence-corrected chi connectivity index (χ0v) is 13.4. The number of esters is 1. The predicted octanol–water partition coefficient (Wildman–Crippen LogP) is 2.05. The molecule has 4 atom stereocenters. The summed E-state index contributed by atoms with van der Waals surface area (Å²) in [6.07, 6.45) is 5.31. The number of aliphatic hydroxyl groups is 1. The number of hydrogen-bond donors (Lipinski definition) is 1. The molecule has 2 rings (SSSR count). The van der Waals surface area contributed by atoms with Crippen molar-refractivity contribution < 1.29 is 24.1 Å². The summed E-state index contributed by atoms with van der Waals surface area (Å²) < 4.78 is 17.1. The Morgan fingerprint density at radius 3 is 2.90 bits per heavy atom. The lowest BCUT2D eigenvalue weighted by molar-refractivity contribution is -0.243. The van der Waals surface area contributed by atoms with Crippen LogP contribution in [0.15, 0.2) is 0 Å². The summed E-state index contributed by atoms with van der Waals surface area (Å²) in [4.78, 5) is 11.4. The molecular weight excluding hydrogens is 272 g/mol. The van der Waals surface area contributed by atoms with Crippen LogP contribution in [-0.4, -0.2) is 48.7 Å². The molecule has 2 heterocycles. The average Bonchev–Trinajstić information content (AvgIpc) is 2.84. The minimum atomic E-state index is -0.273. The molecule has 122 valence electrons. The summed E-state index contributed by atoms with van der Waals surface area (Å²) in [6, 6.07) is 0. The Morgan fingerprint density at radius 2 is 2.24 bits per heavy atom. The highest BCUT2D eigenvalue weighted by molar-refractivity contribution is 5.71. The number of carbonyl (C=O) groups excluding carboxylic acids is 1. The van der Waals surface area contributed by atoms with Crippen molar-refractivity contribution in [3.05, 3.63) is 0 Å². The van der Waals surface area contributed by atoms with Crippen molar-refractivity contribution in [3.63, 3.8) is 0 Å². The van der Waals surface area contributed by atoms with Gasteiger partial charge in [-0.3, -0.25) is 4.79 Å². The van der Waals surface area contributed by atoms with E-state index in [9.17, 15) is 4.79 Å². The Balaban J connectivity index is 1.83. The van der Waals surface area contributed by atoms with Gasteiger partial charge in [-0.1, -0.05) is 6.92 Å². The number of hydrogen-bond acceptors (Lipinski definition) is 5. The third kappa shape index (κ3) is 3.58. The molecule has 2 aliphatic rings. The Kier molecular flexibility index (Phi) is 5.28. The highest BCUT2D eigenvalue weighted by atomic mass is 16.6. The van der Waals surface area contributed by atoms with Gasteiger partial charge >= 0.3 is 5.97 Å². The van der Waals surface area contributed by atoms with Gasteiger partial charge in [0.25, 0.3) is 0 Å². The highest BCUT2D eigenvalue weighted by Crippen LogP contribution is 2.46. The second-order valence-electron chi connectivity index (χ2n) is 6.72. The first-order chi connectivity index (χ1) is 9.95. The van der Waals surface area contributed by atoms with Gasteiger partial charge in [0.2, 0.25) is 0 Å². The van der Waals surface area contributed by atoms with Crippen LogP contribution in [-0.2, 0) is 19.0 Å². The van der Waals surface area contributed by atoms with Crippen LogP contribution in [0.5, 0.6) is 0 Å². The SMILES string of the molecule is COC(=O)C(C)CCCC1(C)OCC2(CCO)CCC1O2. The minimum absolute atomic E-state index is 0.0693. The van der Waals surface area contributed by atoms with Crippen molar-refractivity contribution in [2.24, 2.45) is 5.92 Å². The molecule has 1 N–H and O–H groups in total. The molecule has 2 aliphatic heterocycles. The lowest BCUT2D eigenvalue weighted by atomic mass is 9.89. The molecule has 0 aromatic heterocycles. The molecule has 21 heavy (non-hydrogen) atoms. The fraction of sp³-hybridized carbons (Fsp3) is 0.938. The van der Waals surface area contributed by atoms with Gasteiger partial charge < -0.3 is 19.3 Å². The number of ether oxygens (including phenoxy) is 3. The summed E-state index contributed by atoms with van der Waals surface area (Å²) in [5, 5.41) is 9.16. The van der Waals surface area contributed by atoms with E-state index in [2.05, 4.69) is 6.92 Å². The normalized spacial score (nSPS) is 36.5. The van der Waals surface area contributed by atoms with Crippen molar-refractivity contribution in [1.82, 2.24) is 0 Å². The molecule has 0 saturated carbocycles. The minimum Gasteiger partial charge on any atom is -0.469 e. The molecule has 2 bridgehead atoms. The zero-order valence-electron chi connectivity index (χ0n) is 13.4. The fourth-order valence-electron chi connectivity index (χ4n) is 3.51. The first-order valence-electron chi connectivity index (χ1n) is 7.95. The first kappa shape index (κ1) is 16.7. The Bertz CT molecular complexity index is 372. The van der Waals surface area contributed by atoms with Crippen LogP contribution in [0.4, 0.5) is 0 Å². The molecule has 0 amide bonds. The van der Waals surface area contributed by atoms with Gasteiger partial charge in [0.15, 0.2) is 0 Å². The van der Waals surface area contributed by atoms with Crippen LogP contribution < -0.4 is 0 Å². The molecule has 0 aliphatic carbocycles. The molecule has 0 radical (unpaired) electrons. The highest BCUT2D eigenvalue weighted by Gasteiger charge is 2.53. The molecule has 0 spiro atoms. The van der Waals surface area contributed by atoms with Gasteiger partial charge in [-0.25, -0.2) is 0 Å². The maximum Gasteiger partial charge on any atom is 0.308 e. The molecule has 0 aromatic carbocycles. The third-order valence-corrected chi connectivity index (χ3v) is 5.08. The van der Waals surface area contributed by atoms with Gasteiger partial charge in [-0.05, 0) is 39.0 Å². The van der Waals surface area contributed by atoms with Crippen molar-refractivity contribution in [3.8, 4) is 0 Å². The number of fused-ring (bicyclic) bond motifs is 2. The molecular formula is C16H28O5. The van der Waals surface area contributed by atoms with Gasteiger partial charge in [-0.15, -0.1) is 0 Å². The van der Waals surface area contributed by atoms with Crippen molar-refractivity contribution >= 4 is 5.97 Å². The lowest BCUT2D eigenvalue weighted by Gasteiger charge is -2.44. The largest absolute Gasteiger partial charge is 0.469 e. The lowest BCUT2D eigenvalue weighted by Crippen LogP contribution is -2.52. The van der Waals surface area contributed by atoms with Crippen LogP contribution in [0, 0.1) is 5.92 Å². The Labute approximate surface area is 126 Å². The maximum absolute atomic E-state index is 11.4. The van der Waals surface area contributed by atoms with Crippen molar-refractivity contribution in [2.45, 2.75) is 69.7 Å². The van der Waals surface area contributed by atoms with Gasteiger partial charge in [0.05, 0.1) is 36.9 Å². The number of rotatable bonds is 7. The van der Waals surface area contributed by atoms with E-state index in [-0.39, 0.29) is 35.8 Å². The average molecular weight is 300 g/mol. The van der Waals surface area contributed by atoms with E-state index in [1.807, 2.05) is 6.92 Å². The fourth-order valence-corrected chi connectivity index (χ4v) is 3.51. The summed E-state index contributed by atoms with van der Waals surface area (Å²) in [5.74, 6) is -0.219. The van der Waals surface area contributed by atoms with E-state index < -0.39 is 0 Å². The standard InChI is InChI=1S/C16H28O5/c1-12(14(18)19-3)5-4-7-15(2)13-6-8-16(21-13,9-10-17)11-20-15/h12-13,17H,4-11H2,1-3H3. The van der Waals surface area contributed by atoms with Crippen LogP contribution in [0.1, 0.15) is 52.4 Å². The number of methoxy groups -OCH3 is 1. The van der Waals surface area contributed by atoms with Gasteiger partial charge in [0, 0.05) is 13.0 Å². The van der Waals surface area contributed by atoms with Crippen molar-refractivity contribution in [2.75, 3.05) is 20.3 Å². The molecule has 4 unspecified atom stereocenters. The first-order valence-corrected chi connectivity index (χ1v) is 7.95.